The summed E-state index contributed by atoms with van der Waals surface area (Å²) in [6.07, 6.45) is 0.717. The Morgan fingerprint density at radius 3 is 2.45 bits per heavy atom. The number of nitrogens with zero attached hydrogens (tertiary/aromatic N) is 2. The Labute approximate surface area is 133 Å². The first-order valence-electron chi connectivity index (χ1n) is 7.76. The average Bonchev–Trinajstić information content (AvgIpc) is 2.86. The molecule has 22 heavy (non-hydrogen) atoms. The highest BCUT2D eigenvalue weighted by Crippen LogP contribution is 2.20. The van der Waals surface area contributed by atoms with Gasteiger partial charge in [-0.2, -0.15) is 0 Å². The first kappa shape index (κ1) is 16.5. The molecule has 0 bridgehead atoms. The highest BCUT2D eigenvalue weighted by atomic mass is 16.6. The Bertz CT molecular complexity index is 506. The van der Waals surface area contributed by atoms with Crippen LogP contribution in [0, 0.1) is 0 Å². The van der Waals surface area contributed by atoms with Crippen LogP contribution in [0.5, 0.6) is 0 Å². The van der Waals surface area contributed by atoms with Crippen molar-refractivity contribution in [2.45, 2.75) is 38.8 Å². The molecule has 0 aliphatic carbocycles. The number of rotatable bonds is 3. The second-order valence-corrected chi connectivity index (χ2v) is 7.00. The Hall–Kier alpha value is -1.91. The van der Waals surface area contributed by atoms with Crippen molar-refractivity contribution in [2.75, 3.05) is 37.4 Å². The number of carbonyl (C=O) groups is 1. The van der Waals surface area contributed by atoms with Gasteiger partial charge >= 0.3 is 6.09 Å². The first-order valence-corrected chi connectivity index (χ1v) is 7.76. The minimum absolute atomic E-state index is 0.222. The van der Waals surface area contributed by atoms with Gasteiger partial charge in [-0.05, 0) is 51.5 Å². The fraction of sp³-hybridized carbons (Fsp3) is 0.588. The molecule has 0 spiro atoms. The van der Waals surface area contributed by atoms with Gasteiger partial charge in [-0.3, -0.25) is 0 Å². The highest BCUT2D eigenvalue weighted by Gasteiger charge is 2.29. The molecular weight excluding hydrogens is 278 g/mol. The van der Waals surface area contributed by atoms with Crippen LogP contribution in [0.2, 0.25) is 0 Å². The molecule has 122 valence electrons. The predicted molar refractivity (Wildman–Crippen MR) is 90.6 cm³/mol. The van der Waals surface area contributed by atoms with E-state index in [4.69, 9.17) is 4.74 Å². The van der Waals surface area contributed by atoms with Crippen molar-refractivity contribution in [2.24, 2.45) is 0 Å². The number of amides is 1. The maximum Gasteiger partial charge on any atom is 0.410 e. The van der Waals surface area contributed by atoms with Gasteiger partial charge in [0.05, 0.1) is 0 Å². The summed E-state index contributed by atoms with van der Waals surface area (Å²) in [7, 11) is 4.05. The molecular formula is C17H27N3O2. The molecule has 1 unspecified atom stereocenters. The molecule has 1 fully saturated rings. The highest BCUT2D eigenvalue weighted by molar-refractivity contribution is 5.68. The summed E-state index contributed by atoms with van der Waals surface area (Å²) >= 11 is 0. The molecule has 1 N–H and O–H groups in total. The summed E-state index contributed by atoms with van der Waals surface area (Å²) in [6.45, 7) is 7.10. The SMILES string of the molecule is CN(C)c1ccc(NC2CCN(C(=O)OC(C)(C)C)C2)cc1. The zero-order chi connectivity index (χ0) is 16.3. The molecule has 5 nitrogen and oxygen atoms in total. The molecule has 1 atom stereocenters. The lowest BCUT2D eigenvalue weighted by Crippen LogP contribution is -2.36. The minimum Gasteiger partial charge on any atom is -0.444 e. The molecule has 1 aliphatic rings. The molecule has 1 saturated heterocycles. The van der Waals surface area contributed by atoms with Gasteiger partial charge < -0.3 is 19.9 Å². The van der Waals surface area contributed by atoms with Gasteiger partial charge in [-0.25, -0.2) is 4.79 Å². The molecule has 1 aromatic carbocycles. The van der Waals surface area contributed by atoms with E-state index in [0.717, 1.165) is 18.7 Å². The second kappa shape index (κ2) is 6.46. The summed E-state index contributed by atoms with van der Waals surface area (Å²) in [5.41, 5.74) is 1.82. The number of carbonyl (C=O) groups excluding carboxylic acids is 1. The maximum absolute atomic E-state index is 12.0. The number of nitrogens with one attached hydrogen (secondary N) is 1. The molecule has 1 aliphatic heterocycles. The topological polar surface area (TPSA) is 44.8 Å². The predicted octanol–water partition coefficient (Wildman–Crippen LogP) is 3.17. The van der Waals surface area contributed by atoms with E-state index < -0.39 is 5.60 Å². The summed E-state index contributed by atoms with van der Waals surface area (Å²) in [5.74, 6) is 0. The summed E-state index contributed by atoms with van der Waals surface area (Å²) < 4.78 is 5.42. The summed E-state index contributed by atoms with van der Waals surface area (Å²) in [5, 5.41) is 3.49. The summed E-state index contributed by atoms with van der Waals surface area (Å²) in [4.78, 5) is 15.9. The van der Waals surface area contributed by atoms with Crippen molar-refractivity contribution in [3.63, 3.8) is 0 Å². The quantitative estimate of drug-likeness (QED) is 0.931. The zero-order valence-corrected chi connectivity index (χ0v) is 14.2. The lowest BCUT2D eigenvalue weighted by atomic mass is 10.2. The van der Waals surface area contributed by atoms with Crippen LogP contribution in [0.4, 0.5) is 16.2 Å². The van der Waals surface area contributed by atoms with E-state index in [0.29, 0.717) is 6.54 Å². The number of ether oxygens (including phenoxy) is 1. The van der Waals surface area contributed by atoms with E-state index in [9.17, 15) is 4.79 Å². The van der Waals surface area contributed by atoms with Crippen molar-refractivity contribution in [3.8, 4) is 0 Å². The van der Waals surface area contributed by atoms with Gasteiger partial charge in [-0.15, -0.1) is 0 Å². The third kappa shape index (κ3) is 4.55. The van der Waals surface area contributed by atoms with E-state index in [1.54, 1.807) is 4.90 Å². The maximum atomic E-state index is 12.0. The van der Waals surface area contributed by atoms with Gasteiger partial charge in [0, 0.05) is 44.6 Å². The van der Waals surface area contributed by atoms with Crippen LogP contribution in [-0.2, 0) is 4.74 Å². The Balaban J connectivity index is 1.87. The average molecular weight is 305 g/mol. The van der Waals surface area contributed by atoms with Crippen molar-refractivity contribution in [1.82, 2.24) is 4.90 Å². The Morgan fingerprint density at radius 2 is 1.91 bits per heavy atom. The number of anilines is 2. The van der Waals surface area contributed by atoms with Crippen LogP contribution >= 0.6 is 0 Å². The Kier molecular flexibility index (Phi) is 4.84. The number of hydrogen-bond donors (Lipinski definition) is 1. The molecule has 0 aromatic heterocycles. The van der Waals surface area contributed by atoms with Crippen LogP contribution in [-0.4, -0.2) is 49.8 Å². The monoisotopic (exact) mass is 305 g/mol. The number of benzene rings is 1. The number of hydrogen-bond acceptors (Lipinski definition) is 4. The molecule has 5 heteroatoms. The minimum atomic E-state index is -0.440. The third-order valence-electron chi connectivity index (χ3n) is 3.59. The van der Waals surface area contributed by atoms with Crippen LogP contribution in [0.25, 0.3) is 0 Å². The normalized spacial score (nSPS) is 18.2. The fourth-order valence-corrected chi connectivity index (χ4v) is 2.46. The number of likely N-dealkylation sites (tertiary alicyclic amines) is 1. The fourth-order valence-electron chi connectivity index (χ4n) is 2.46. The van der Waals surface area contributed by atoms with Crippen LogP contribution in [0.1, 0.15) is 27.2 Å². The molecule has 1 heterocycles. The van der Waals surface area contributed by atoms with Crippen molar-refractivity contribution in [3.05, 3.63) is 24.3 Å². The lowest BCUT2D eigenvalue weighted by Gasteiger charge is -2.24. The van der Waals surface area contributed by atoms with E-state index in [1.807, 2.05) is 34.9 Å². The first-order chi connectivity index (χ1) is 10.2. The lowest BCUT2D eigenvalue weighted by molar-refractivity contribution is 0.0293. The van der Waals surface area contributed by atoms with Crippen molar-refractivity contribution < 1.29 is 9.53 Å². The van der Waals surface area contributed by atoms with E-state index in [-0.39, 0.29) is 12.1 Å². The summed E-state index contributed by atoms with van der Waals surface area (Å²) in [6, 6.07) is 8.60. The van der Waals surface area contributed by atoms with E-state index in [2.05, 4.69) is 34.5 Å². The van der Waals surface area contributed by atoms with Crippen molar-refractivity contribution >= 4 is 17.5 Å². The Morgan fingerprint density at radius 1 is 1.27 bits per heavy atom. The van der Waals surface area contributed by atoms with Crippen LogP contribution in [0.3, 0.4) is 0 Å². The third-order valence-corrected chi connectivity index (χ3v) is 3.59. The second-order valence-electron chi connectivity index (χ2n) is 7.00. The van der Waals surface area contributed by atoms with Crippen LogP contribution in [0.15, 0.2) is 24.3 Å². The largest absolute Gasteiger partial charge is 0.444 e. The molecule has 1 aromatic rings. The van der Waals surface area contributed by atoms with Gasteiger partial charge in [0.15, 0.2) is 0 Å². The van der Waals surface area contributed by atoms with Crippen LogP contribution < -0.4 is 10.2 Å². The van der Waals surface area contributed by atoms with Crippen molar-refractivity contribution in [1.29, 1.82) is 0 Å². The standard InChI is InChI=1S/C17H27N3O2/c1-17(2,3)22-16(21)20-11-10-14(12-20)18-13-6-8-15(9-7-13)19(4)5/h6-9,14,18H,10-12H2,1-5H3. The van der Waals surface area contributed by atoms with E-state index >= 15 is 0 Å². The van der Waals surface area contributed by atoms with Gasteiger partial charge in [0.2, 0.25) is 0 Å². The molecule has 1 amide bonds. The smallest absolute Gasteiger partial charge is 0.410 e. The van der Waals surface area contributed by atoms with E-state index in [1.165, 1.54) is 5.69 Å². The zero-order valence-electron chi connectivity index (χ0n) is 14.2. The molecule has 2 rings (SSSR count). The van der Waals surface area contributed by atoms with Gasteiger partial charge in [0.1, 0.15) is 5.60 Å². The van der Waals surface area contributed by atoms with Gasteiger partial charge in [0.25, 0.3) is 0 Å². The molecule has 0 saturated carbocycles. The molecule has 0 radical (unpaired) electrons. The van der Waals surface area contributed by atoms with Gasteiger partial charge in [-0.1, -0.05) is 0 Å².